The first kappa shape index (κ1) is 17.5. The maximum Gasteiger partial charge on any atom is 0.253 e. The third-order valence-electron chi connectivity index (χ3n) is 3.90. The first-order valence-electron chi connectivity index (χ1n) is 7.82. The molecule has 3 aromatic rings. The van der Waals surface area contributed by atoms with Gasteiger partial charge in [-0.15, -0.1) is 0 Å². The maximum absolute atomic E-state index is 14.3. The number of aromatic amines is 1. The number of aromatic nitrogens is 2. The van der Waals surface area contributed by atoms with Gasteiger partial charge in [0.1, 0.15) is 17.3 Å². The normalized spacial score (nSPS) is 11.8. The quantitative estimate of drug-likeness (QED) is 0.756. The molecule has 0 bridgehead atoms. The van der Waals surface area contributed by atoms with Crippen LogP contribution < -0.4 is 10.9 Å². The summed E-state index contributed by atoms with van der Waals surface area (Å²) in [7, 11) is 0. The highest BCUT2D eigenvalue weighted by molar-refractivity contribution is 5.94. The number of halogens is 2. The van der Waals surface area contributed by atoms with Crippen molar-refractivity contribution in [2.45, 2.75) is 13.0 Å². The smallest absolute Gasteiger partial charge is 0.253 e. The van der Waals surface area contributed by atoms with Gasteiger partial charge in [0, 0.05) is 18.5 Å². The van der Waals surface area contributed by atoms with Crippen molar-refractivity contribution in [2.24, 2.45) is 0 Å². The molecular weight excluding hydrogens is 340 g/mol. The summed E-state index contributed by atoms with van der Waals surface area (Å²) in [6.07, 6.45) is 2.67. The molecule has 7 heteroatoms. The lowest BCUT2D eigenvalue weighted by molar-refractivity contribution is 0.0941. The standard InChI is InChI=1S/C19H15F2N3O2/c1-11-9-12(4-6-14(11)20)17(18-15(21)3-2-8-22-18)24-19(26)13-5-7-16(25)23-10-13/h2-10,17H,1H3,(H,23,25)(H,24,26). The molecule has 5 nitrogen and oxygen atoms in total. The lowest BCUT2D eigenvalue weighted by Crippen LogP contribution is -2.31. The van der Waals surface area contributed by atoms with E-state index in [1.54, 1.807) is 6.92 Å². The van der Waals surface area contributed by atoms with E-state index < -0.39 is 23.6 Å². The molecule has 0 aliphatic carbocycles. The predicted octanol–water partition coefficient (Wildman–Crippen LogP) is 2.88. The number of nitrogens with one attached hydrogen (secondary N) is 2. The Hall–Kier alpha value is -3.35. The molecule has 1 atom stereocenters. The zero-order valence-electron chi connectivity index (χ0n) is 13.8. The third-order valence-corrected chi connectivity index (χ3v) is 3.90. The Labute approximate surface area is 147 Å². The van der Waals surface area contributed by atoms with Crippen molar-refractivity contribution in [3.8, 4) is 0 Å². The second-order valence-corrected chi connectivity index (χ2v) is 5.73. The molecular formula is C19H15F2N3O2. The second kappa shape index (κ2) is 7.26. The molecule has 3 rings (SSSR count). The number of benzene rings is 1. The number of carbonyl (C=O) groups excluding carboxylic acids is 1. The highest BCUT2D eigenvalue weighted by Crippen LogP contribution is 2.24. The highest BCUT2D eigenvalue weighted by Gasteiger charge is 2.23. The number of aryl methyl sites for hydroxylation is 1. The van der Waals surface area contributed by atoms with Gasteiger partial charge in [0.15, 0.2) is 0 Å². The van der Waals surface area contributed by atoms with E-state index in [4.69, 9.17) is 0 Å². The van der Waals surface area contributed by atoms with Crippen molar-refractivity contribution >= 4 is 5.91 Å². The molecule has 1 unspecified atom stereocenters. The Morgan fingerprint density at radius 3 is 2.62 bits per heavy atom. The second-order valence-electron chi connectivity index (χ2n) is 5.73. The van der Waals surface area contributed by atoms with Crippen molar-refractivity contribution in [1.82, 2.24) is 15.3 Å². The van der Waals surface area contributed by atoms with E-state index in [0.717, 1.165) is 0 Å². The number of pyridine rings is 2. The first-order chi connectivity index (χ1) is 12.5. The van der Waals surface area contributed by atoms with Gasteiger partial charge in [0.05, 0.1) is 11.6 Å². The van der Waals surface area contributed by atoms with Gasteiger partial charge in [-0.05, 0) is 42.3 Å². The van der Waals surface area contributed by atoms with Gasteiger partial charge >= 0.3 is 0 Å². The Balaban J connectivity index is 2.01. The predicted molar refractivity (Wildman–Crippen MR) is 91.7 cm³/mol. The molecule has 0 spiro atoms. The van der Waals surface area contributed by atoms with Crippen molar-refractivity contribution < 1.29 is 13.6 Å². The van der Waals surface area contributed by atoms with Crippen LogP contribution in [0.2, 0.25) is 0 Å². The molecule has 0 radical (unpaired) electrons. The monoisotopic (exact) mass is 355 g/mol. The van der Waals surface area contributed by atoms with E-state index in [-0.39, 0.29) is 16.8 Å². The number of hydrogen-bond acceptors (Lipinski definition) is 3. The van der Waals surface area contributed by atoms with E-state index in [0.29, 0.717) is 11.1 Å². The average molecular weight is 355 g/mol. The summed E-state index contributed by atoms with van der Waals surface area (Å²) in [5.41, 5.74) is 0.713. The van der Waals surface area contributed by atoms with Crippen LogP contribution in [-0.4, -0.2) is 15.9 Å². The largest absolute Gasteiger partial charge is 0.339 e. The summed E-state index contributed by atoms with van der Waals surface area (Å²) in [5.74, 6) is -1.53. The van der Waals surface area contributed by atoms with Crippen LogP contribution in [0.25, 0.3) is 0 Å². The first-order valence-corrected chi connectivity index (χ1v) is 7.82. The number of H-pyrrole nitrogens is 1. The van der Waals surface area contributed by atoms with Gasteiger partial charge in [-0.25, -0.2) is 8.78 Å². The summed E-state index contributed by atoms with van der Waals surface area (Å²) in [5, 5.41) is 2.69. The van der Waals surface area contributed by atoms with Gasteiger partial charge in [0.25, 0.3) is 5.91 Å². The summed E-state index contributed by atoms with van der Waals surface area (Å²) in [4.78, 5) is 30.1. The van der Waals surface area contributed by atoms with Crippen LogP contribution >= 0.6 is 0 Å². The van der Waals surface area contributed by atoms with Crippen molar-refractivity contribution in [2.75, 3.05) is 0 Å². The molecule has 132 valence electrons. The number of rotatable bonds is 4. The summed E-state index contributed by atoms with van der Waals surface area (Å²) >= 11 is 0. The van der Waals surface area contributed by atoms with Crippen LogP contribution in [0.4, 0.5) is 8.78 Å². The third kappa shape index (κ3) is 3.66. The summed E-state index contributed by atoms with van der Waals surface area (Å²) in [6.45, 7) is 1.58. The van der Waals surface area contributed by atoms with E-state index in [1.807, 2.05) is 0 Å². The van der Waals surface area contributed by atoms with Crippen LogP contribution in [0.15, 0.2) is 59.7 Å². The molecule has 0 saturated carbocycles. The highest BCUT2D eigenvalue weighted by atomic mass is 19.1. The van der Waals surface area contributed by atoms with E-state index >= 15 is 0 Å². The zero-order valence-corrected chi connectivity index (χ0v) is 13.8. The molecule has 1 aromatic carbocycles. The molecule has 1 amide bonds. The zero-order chi connectivity index (χ0) is 18.7. The van der Waals surface area contributed by atoms with Crippen molar-refractivity contribution in [3.63, 3.8) is 0 Å². The van der Waals surface area contributed by atoms with Gasteiger partial charge in [-0.3, -0.25) is 14.6 Å². The molecule has 2 N–H and O–H groups in total. The molecule has 0 saturated heterocycles. The van der Waals surface area contributed by atoms with Crippen molar-refractivity contribution in [1.29, 1.82) is 0 Å². The molecule has 26 heavy (non-hydrogen) atoms. The number of carbonyl (C=O) groups is 1. The van der Waals surface area contributed by atoms with E-state index in [9.17, 15) is 18.4 Å². The molecule has 0 fully saturated rings. The van der Waals surface area contributed by atoms with Crippen LogP contribution in [0.5, 0.6) is 0 Å². The fourth-order valence-electron chi connectivity index (χ4n) is 2.53. The molecule has 0 aliphatic heterocycles. The van der Waals surface area contributed by atoms with Crippen molar-refractivity contribution in [3.05, 3.63) is 99.2 Å². The number of amides is 1. The minimum absolute atomic E-state index is 0.0104. The summed E-state index contributed by atoms with van der Waals surface area (Å²) < 4.78 is 27.9. The van der Waals surface area contributed by atoms with Crippen LogP contribution in [0, 0.1) is 18.6 Å². The van der Waals surface area contributed by atoms with Gasteiger partial charge in [0.2, 0.25) is 5.56 Å². The Bertz CT molecular complexity index is 997. The Morgan fingerprint density at radius 1 is 1.15 bits per heavy atom. The lowest BCUT2D eigenvalue weighted by Gasteiger charge is -2.20. The lowest BCUT2D eigenvalue weighted by atomic mass is 10.00. The van der Waals surface area contributed by atoms with Crippen LogP contribution in [0.3, 0.4) is 0 Å². The fraction of sp³-hybridized carbons (Fsp3) is 0.105. The van der Waals surface area contributed by atoms with Crippen LogP contribution in [-0.2, 0) is 0 Å². The molecule has 0 aliphatic rings. The molecule has 2 heterocycles. The Morgan fingerprint density at radius 2 is 1.96 bits per heavy atom. The topological polar surface area (TPSA) is 74.8 Å². The Kier molecular flexibility index (Phi) is 4.88. The summed E-state index contributed by atoms with van der Waals surface area (Å²) in [6, 6.07) is 8.58. The minimum Gasteiger partial charge on any atom is -0.339 e. The van der Waals surface area contributed by atoms with E-state index in [1.165, 1.54) is 54.9 Å². The minimum atomic E-state index is -0.921. The SMILES string of the molecule is Cc1cc(C(NC(=O)c2ccc(=O)[nH]c2)c2ncccc2F)ccc1F. The van der Waals surface area contributed by atoms with Gasteiger partial charge in [-0.2, -0.15) is 0 Å². The maximum atomic E-state index is 14.3. The number of hydrogen-bond donors (Lipinski definition) is 2. The molecule has 2 aromatic heterocycles. The van der Waals surface area contributed by atoms with Gasteiger partial charge < -0.3 is 10.3 Å². The van der Waals surface area contributed by atoms with E-state index in [2.05, 4.69) is 15.3 Å². The van der Waals surface area contributed by atoms with Gasteiger partial charge in [-0.1, -0.05) is 12.1 Å². The number of nitrogens with zero attached hydrogens (tertiary/aromatic N) is 1. The fourth-order valence-corrected chi connectivity index (χ4v) is 2.53. The average Bonchev–Trinajstić information content (AvgIpc) is 2.63. The van der Waals surface area contributed by atoms with Crippen LogP contribution in [0.1, 0.15) is 33.2 Å².